The molecule has 0 saturated heterocycles. The fourth-order valence-electron chi connectivity index (χ4n) is 2.55. The molecule has 2 saturated carbocycles. The number of rotatable bonds is 2. The predicted molar refractivity (Wildman–Crippen MR) is 53.9 cm³/mol. The molecular weight excluding hydrogens is 181 g/mol. The van der Waals surface area contributed by atoms with Gasteiger partial charge in [0.05, 0.1) is 6.10 Å². The Kier molecular flexibility index (Phi) is 2.56. The van der Waals surface area contributed by atoms with Crippen molar-refractivity contribution in [3.05, 3.63) is 0 Å². The maximum absolute atomic E-state index is 13.3. The molecule has 0 aliphatic heterocycles. The molecule has 2 N–H and O–H groups in total. The molecule has 0 heterocycles. The van der Waals surface area contributed by atoms with Crippen LogP contribution in [0.5, 0.6) is 0 Å². The Morgan fingerprint density at radius 3 is 2.50 bits per heavy atom. The molecule has 14 heavy (non-hydrogen) atoms. The second-order valence-corrected chi connectivity index (χ2v) is 5.35. The first-order valence-electron chi connectivity index (χ1n) is 5.60. The lowest BCUT2D eigenvalue weighted by Gasteiger charge is -2.50. The van der Waals surface area contributed by atoms with Crippen molar-refractivity contribution in [1.29, 1.82) is 0 Å². The van der Waals surface area contributed by atoms with Gasteiger partial charge in [-0.3, -0.25) is 0 Å². The van der Waals surface area contributed by atoms with Crippen molar-refractivity contribution in [3.8, 4) is 0 Å². The van der Waals surface area contributed by atoms with Gasteiger partial charge in [-0.25, -0.2) is 4.39 Å². The van der Waals surface area contributed by atoms with Crippen molar-refractivity contribution in [2.45, 2.75) is 63.9 Å². The monoisotopic (exact) mass is 201 g/mol. The molecule has 4 atom stereocenters. The van der Waals surface area contributed by atoms with Crippen molar-refractivity contribution in [3.63, 3.8) is 0 Å². The van der Waals surface area contributed by atoms with E-state index in [1.807, 2.05) is 13.8 Å². The summed E-state index contributed by atoms with van der Waals surface area (Å²) in [5.41, 5.74) is -0.0810. The SMILES string of the molecule is CC1(C)C(O)CC1N[C@@H]1CCC[C@@H]1F. The van der Waals surface area contributed by atoms with E-state index in [1.54, 1.807) is 0 Å². The van der Waals surface area contributed by atoms with Crippen molar-refractivity contribution in [2.75, 3.05) is 0 Å². The van der Waals surface area contributed by atoms with Crippen LogP contribution in [-0.4, -0.2) is 29.5 Å². The minimum Gasteiger partial charge on any atom is -0.392 e. The van der Waals surface area contributed by atoms with Gasteiger partial charge < -0.3 is 10.4 Å². The summed E-state index contributed by atoms with van der Waals surface area (Å²) in [6.07, 6.45) is 2.52. The molecule has 2 fully saturated rings. The van der Waals surface area contributed by atoms with Gasteiger partial charge in [-0.2, -0.15) is 0 Å². The number of alkyl halides is 1. The normalized spacial score (nSPS) is 46.3. The van der Waals surface area contributed by atoms with E-state index in [4.69, 9.17) is 0 Å². The molecule has 2 aliphatic carbocycles. The summed E-state index contributed by atoms with van der Waals surface area (Å²) < 4.78 is 13.3. The summed E-state index contributed by atoms with van der Waals surface area (Å²) in [6.45, 7) is 4.09. The van der Waals surface area contributed by atoms with E-state index in [-0.39, 0.29) is 17.6 Å². The Morgan fingerprint density at radius 1 is 1.36 bits per heavy atom. The molecule has 0 bridgehead atoms. The Hall–Kier alpha value is -0.150. The third-order valence-electron chi connectivity index (χ3n) is 4.06. The molecular formula is C11H20FNO. The largest absolute Gasteiger partial charge is 0.392 e. The number of hydrogen-bond donors (Lipinski definition) is 2. The molecule has 0 amide bonds. The first-order chi connectivity index (χ1) is 6.51. The van der Waals surface area contributed by atoms with Crippen LogP contribution in [-0.2, 0) is 0 Å². The van der Waals surface area contributed by atoms with E-state index in [0.29, 0.717) is 12.5 Å². The lowest BCUT2D eigenvalue weighted by atomic mass is 9.64. The number of aliphatic hydroxyl groups excluding tert-OH is 1. The topological polar surface area (TPSA) is 32.3 Å². The van der Waals surface area contributed by atoms with E-state index in [1.165, 1.54) is 0 Å². The standard InChI is InChI=1S/C11H20FNO/c1-11(2)9(6-10(11)14)13-8-5-3-4-7(8)12/h7-10,13-14H,3-6H2,1-2H3/t7-,8+,9?,10?/m0/s1. The minimum absolute atomic E-state index is 0.0341. The first-order valence-corrected chi connectivity index (χ1v) is 5.60. The molecule has 2 rings (SSSR count). The van der Waals surface area contributed by atoms with E-state index in [0.717, 1.165) is 19.3 Å². The average Bonchev–Trinajstić information content (AvgIpc) is 2.51. The van der Waals surface area contributed by atoms with Gasteiger partial charge >= 0.3 is 0 Å². The van der Waals surface area contributed by atoms with Gasteiger partial charge in [-0.1, -0.05) is 13.8 Å². The lowest BCUT2D eigenvalue weighted by molar-refractivity contribution is -0.0776. The van der Waals surface area contributed by atoms with Crippen LogP contribution in [0.4, 0.5) is 4.39 Å². The Balaban J connectivity index is 1.87. The fraction of sp³-hybridized carbons (Fsp3) is 1.00. The van der Waals surface area contributed by atoms with Gasteiger partial charge in [0.15, 0.2) is 0 Å². The maximum Gasteiger partial charge on any atom is 0.115 e. The molecule has 0 aromatic heterocycles. The van der Waals surface area contributed by atoms with Gasteiger partial charge in [0.1, 0.15) is 6.17 Å². The van der Waals surface area contributed by atoms with Crippen molar-refractivity contribution >= 4 is 0 Å². The Bertz CT molecular complexity index is 219. The zero-order valence-corrected chi connectivity index (χ0v) is 8.96. The lowest BCUT2D eigenvalue weighted by Crippen LogP contribution is -2.62. The third-order valence-corrected chi connectivity index (χ3v) is 4.06. The highest BCUT2D eigenvalue weighted by Gasteiger charge is 2.48. The summed E-state index contributed by atoms with van der Waals surface area (Å²) in [4.78, 5) is 0. The number of aliphatic hydroxyl groups is 1. The Morgan fingerprint density at radius 2 is 2.07 bits per heavy atom. The molecule has 0 radical (unpaired) electrons. The summed E-state index contributed by atoms with van der Waals surface area (Å²) in [5, 5.41) is 12.9. The highest BCUT2D eigenvalue weighted by molar-refractivity contribution is 5.03. The summed E-state index contributed by atoms with van der Waals surface area (Å²) >= 11 is 0. The first kappa shape index (κ1) is 10.4. The molecule has 2 aliphatic rings. The zero-order chi connectivity index (χ0) is 10.3. The highest BCUT2D eigenvalue weighted by atomic mass is 19.1. The van der Waals surface area contributed by atoms with Crippen molar-refractivity contribution in [1.82, 2.24) is 5.32 Å². The van der Waals surface area contributed by atoms with Gasteiger partial charge in [0, 0.05) is 17.5 Å². The van der Waals surface area contributed by atoms with Crippen molar-refractivity contribution < 1.29 is 9.50 Å². The van der Waals surface area contributed by atoms with Crippen LogP contribution in [0.3, 0.4) is 0 Å². The van der Waals surface area contributed by atoms with Crippen LogP contribution in [0.2, 0.25) is 0 Å². The quantitative estimate of drug-likeness (QED) is 0.711. The van der Waals surface area contributed by atoms with E-state index in [2.05, 4.69) is 5.32 Å². The molecule has 0 spiro atoms. The average molecular weight is 201 g/mol. The van der Waals surface area contributed by atoms with Crippen LogP contribution in [0.25, 0.3) is 0 Å². The second-order valence-electron chi connectivity index (χ2n) is 5.35. The van der Waals surface area contributed by atoms with Crippen LogP contribution in [0.15, 0.2) is 0 Å². The Labute approximate surface area is 84.9 Å². The van der Waals surface area contributed by atoms with Crippen LogP contribution >= 0.6 is 0 Å². The van der Waals surface area contributed by atoms with Crippen LogP contribution < -0.4 is 5.32 Å². The fourth-order valence-corrected chi connectivity index (χ4v) is 2.55. The van der Waals surface area contributed by atoms with Crippen molar-refractivity contribution in [2.24, 2.45) is 5.41 Å². The number of nitrogens with one attached hydrogen (secondary N) is 1. The molecule has 0 aromatic carbocycles. The van der Waals surface area contributed by atoms with Gasteiger partial charge in [-0.15, -0.1) is 0 Å². The van der Waals surface area contributed by atoms with E-state index in [9.17, 15) is 9.50 Å². The predicted octanol–water partition coefficient (Wildman–Crippen LogP) is 1.63. The number of hydrogen-bond acceptors (Lipinski definition) is 2. The second kappa shape index (κ2) is 3.46. The summed E-state index contributed by atoms with van der Waals surface area (Å²) in [7, 11) is 0. The van der Waals surface area contributed by atoms with Crippen LogP contribution in [0.1, 0.15) is 39.5 Å². The zero-order valence-electron chi connectivity index (χ0n) is 8.96. The summed E-state index contributed by atoms with van der Waals surface area (Å²) in [6, 6.07) is 0.325. The van der Waals surface area contributed by atoms with Gasteiger partial charge in [0.25, 0.3) is 0 Å². The third kappa shape index (κ3) is 1.57. The van der Waals surface area contributed by atoms with Crippen LogP contribution in [0, 0.1) is 5.41 Å². The maximum atomic E-state index is 13.3. The van der Waals surface area contributed by atoms with Gasteiger partial charge in [-0.05, 0) is 25.7 Å². The number of halogens is 1. The van der Waals surface area contributed by atoms with E-state index >= 15 is 0 Å². The highest BCUT2D eigenvalue weighted by Crippen LogP contribution is 2.41. The molecule has 3 heteroatoms. The minimum atomic E-state index is -0.677. The molecule has 82 valence electrons. The molecule has 2 unspecified atom stereocenters. The summed E-state index contributed by atoms with van der Waals surface area (Å²) in [5.74, 6) is 0. The van der Waals surface area contributed by atoms with Gasteiger partial charge in [0.2, 0.25) is 0 Å². The molecule has 0 aromatic rings. The smallest absolute Gasteiger partial charge is 0.115 e. The van der Waals surface area contributed by atoms with E-state index < -0.39 is 6.17 Å². The molecule has 2 nitrogen and oxygen atoms in total.